The van der Waals surface area contributed by atoms with Gasteiger partial charge in [-0.15, -0.1) is 16.4 Å². The van der Waals surface area contributed by atoms with Gasteiger partial charge in [-0.05, 0) is 43.2 Å². The number of aromatic nitrogens is 4. The minimum atomic E-state index is -0.759. The van der Waals surface area contributed by atoms with E-state index in [0.29, 0.717) is 5.92 Å². The summed E-state index contributed by atoms with van der Waals surface area (Å²) in [6.07, 6.45) is 3.51. The van der Waals surface area contributed by atoms with Crippen LogP contribution in [0.2, 0.25) is 0 Å². The highest BCUT2D eigenvalue weighted by atomic mass is 32.1. The van der Waals surface area contributed by atoms with E-state index in [-0.39, 0.29) is 30.8 Å². The first-order valence-electron chi connectivity index (χ1n) is 13.2. The van der Waals surface area contributed by atoms with Gasteiger partial charge in [-0.2, -0.15) is 0 Å². The van der Waals surface area contributed by atoms with E-state index in [1.54, 1.807) is 16.0 Å². The van der Waals surface area contributed by atoms with Crippen molar-refractivity contribution >= 4 is 23.2 Å². The van der Waals surface area contributed by atoms with Crippen LogP contribution in [0.4, 0.5) is 0 Å². The molecule has 5 rings (SSSR count). The summed E-state index contributed by atoms with van der Waals surface area (Å²) in [5.74, 6) is -0.0683. The molecule has 0 radical (unpaired) electrons. The summed E-state index contributed by atoms with van der Waals surface area (Å²) in [5.41, 5.74) is 5.33. The Morgan fingerprint density at radius 3 is 2.50 bits per heavy atom. The summed E-state index contributed by atoms with van der Waals surface area (Å²) in [5, 5.41) is 22.2. The van der Waals surface area contributed by atoms with E-state index in [9.17, 15) is 14.7 Å². The topological polar surface area (TPSA) is 113 Å². The molecule has 10 heteroatoms. The number of aliphatic hydroxyl groups excluding tert-OH is 1. The van der Waals surface area contributed by atoms with Gasteiger partial charge in [0.25, 0.3) is 0 Å². The Kier molecular flexibility index (Phi) is 7.13. The van der Waals surface area contributed by atoms with E-state index in [4.69, 9.17) is 0 Å². The van der Waals surface area contributed by atoms with Crippen LogP contribution in [-0.4, -0.2) is 60.5 Å². The van der Waals surface area contributed by atoms with E-state index in [1.165, 1.54) is 4.90 Å². The largest absolute Gasteiger partial charge is 0.391 e. The van der Waals surface area contributed by atoms with Crippen LogP contribution in [0.25, 0.3) is 10.4 Å². The second-order valence-corrected chi connectivity index (χ2v) is 12.5. The molecule has 0 spiro atoms. The van der Waals surface area contributed by atoms with Gasteiger partial charge in [0.05, 0.1) is 33.9 Å². The van der Waals surface area contributed by atoms with Gasteiger partial charge in [0.1, 0.15) is 12.1 Å². The number of nitrogens with one attached hydrogen (secondary N) is 1. The molecule has 1 saturated carbocycles. The van der Waals surface area contributed by atoms with Crippen LogP contribution < -0.4 is 5.32 Å². The molecule has 2 aliphatic rings. The standard InChI is InChI=1S/C28H36N6O3S/c1-16(18-6-10-20(11-7-18)24-17(2)29-15-38-24)30-26(36)23-12-21(35)13-33(23)27(37)25(28(3,4)5)34-14-22(31-32-34)19-8-9-19/h6-7,10-11,14-16,19,21,23,25,35H,8-9,12-13H2,1-5H3,(H,30,36)/t16-,21+,23-,25+/m0/s1. The Morgan fingerprint density at radius 2 is 1.89 bits per heavy atom. The maximum absolute atomic E-state index is 13.9. The zero-order chi connectivity index (χ0) is 27.2. The van der Waals surface area contributed by atoms with Gasteiger partial charge in [0.2, 0.25) is 11.8 Å². The number of rotatable bonds is 7. The fourth-order valence-electron chi connectivity index (χ4n) is 5.22. The number of benzene rings is 1. The monoisotopic (exact) mass is 536 g/mol. The lowest BCUT2D eigenvalue weighted by Crippen LogP contribution is -2.50. The summed E-state index contributed by atoms with van der Waals surface area (Å²) in [6, 6.07) is 6.43. The highest BCUT2D eigenvalue weighted by molar-refractivity contribution is 7.13. The second-order valence-electron chi connectivity index (χ2n) is 11.7. The van der Waals surface area contributed by atoms with E-state index >= 15 is 0 Å². The lowest BCUT2D eigenvalue weighted by Gasteiger charge is -2.34. The number of likely N-dealkylation sites (tertiary alicyclic amines) is 1. The van der Waals surface area contributed by atoms with Crippen molar-refractivity contribution in [3.8, 4) is 10.4 Å². The molecule has 2 fully saturated rings. The van der Waals surface area contributed by atoms with Crippen LogP contribution in [0.3, 0.4) is 0 Å². The first-order valence-corrected chi connectivity index (χ1v) is 14.1. The first kappa shape index (κ1) is 26.5. The van der Waals surface area contributed by atoms with Crippen molar-refractivity contribution in [3.05, 3.63) is 52.9 Å². The van der Waals surface area contributed by atoms with Crippen LogP contribution >= 0.6 is 11.3 Å². The molecule has 1 aromatic carbocycles. The number of hydrogen-bond donors (Lipinski definition) is 2. The van der Waals surface area contributed by atoms with E-state index in [1.807, 2.05) is 70.6 Å². The van der Waals surface area contributed by atoms with Crippen molar-refractivity contribution in [1.29, 1.82) is 0 Å². The lowest BCUT2D eigenvalue weighted by molar-refractivity contribution is -0.144. The van der Waals surface area contributed by atoms with Crippen LogP contribution in [0.15, 0.2) is 36.0 Å². The average molecular weight is 537 g/mol. The predicted octanol–water partition coefficient (Wildman–Crippen LogP) is 4.01. The molecule has 0 unspecified atom stereocenters. The minimum Gasteiger partial charge on any atom is -0.391 e. The van der Waals surface area contributed by atoms with Crippen molar-refractivity contribution < 1.29 is 14.7 Å². The Hall–Kier alpha value is -3.11. The molecule has 2 N–H and O–H groups in total. The third-order valence-electron chi connectivity index (χ3n) is 7.48. The van der Waals surface area contributed by atoms with Gasteiger partial charge in [-0.1, -0.05) is 50.3 Å². The van der Waals surface area contributed by atoms with Crippen molar-refractivity contribution in [2.45, 2.75) is 84.0 Å². The van der Waals surface area contributed by atoms with Gasteiger partial charge in [0, 0.05) is 25.1 Å². The molecule has 4 atom stereocenters. The number of amides is 2. The summed E-state index contributed by atoms with van der Waals surface area (Å²) in [4.78, 5) is 34.3. The van der Waals surface area contributed by atoms with E-state index in [2.05, 4.69) is 20.6 Å². The Labute approximate surface area is 227 Å². The van der Waals surface area contributed by atoms with Crippen LogP contribution in [0.5, 0.6) is 0 Å². The second kappa shape index (κ2) is 10.2. The molecule has 1 saturated heterocycles. The highest BCUT2D eigenvalue weighted by Crippen LogP contribution is 2.40. The molecule has 0 bridgehead atoms. The lowest BCUT2D eigenvalue weighted by atomic mass is 9.85. The van der Waals surface area contributed by atoms with Crippen molar-refractivity contribution in [2.24, 2.45) is 5.41 Å². The van der Waals surface area contributed by atoms with Gasteiger partial charge >= 0.3 is 0 Å². The highest BCUT2D eigenvalue weighted by Gasteiger charge is 2.45. The maximum Gasteiger partial charge on any atom is 0.248 e. The minimum absolute atomic E-state index is 0.116. The number of hydrogen-bond acceptors (Lipinski definition) is 7. The molecule has 2 amide bonds. The van der Waals surface area contributed by atoms with Gasteiger partial charge in [-0.3, -0.25) is 9.59 Å². The third kappa shape index (κ3) is 5.37. The number of aliphatic hydroxyl groups is 1. The summed E-state index contributed by atoms with van der Waals surface area (Å²) in [7, 11) is 0. The molecule has 3 aromatic rings. The van der Waals surface area contributed by atoms with E-state index < -0.39 is 23.6 Å². The Bertz CT molecular complexity index is 1310. The fourth-order valence-corrected chi connectivity index (χ4v) is 6.03. The maximum atomic E-state index is 13.9. The van der Waals surface area contributed by atoms with Crippen molar-refractivity contribution in [2.75, 3.05) is 6.54 Å². The number of aryl methyl sites for hydroxylation is 1. The molecule has 202 valence electrons. The fraction of sp³-hybridized carbons (Fsp3) is 0.536. The molecule has 1 aliphatic heterocycles. The number of nitrogens with zero attached hydrogens (tertiary/aromatic N) is 5. The zero-order valence-electron chi connectivity index (χ0n) is 22.6. The van der Waals surface area contributed by atoms with E-state index in [0.717, 1.165) is 40.2 Å². The quantitative estimate of drug-likeness (QED) is 0.472. The molecule has 1 aliphatic carbocycles. The zero-order valence-corrected chi connectivity index (χ0v) is 23.4. The number of carbonyl (C=O) groups excluding carboxylic acids is 2. The summed E-state index contributed by atoms with van der Waals surface area (Å²) >= 11 is 1.60. The molecular weight excluding hydrogens is 500 g/mol. The van der Waals surface area contributed by atoms with Crippen molar-refractivity contribution in [3.63, 3.8) is 0 Å². The molecular formula is C28H36N6O3S. The number of β-amino-alcohol motifs (C(OH)–C–C–N with tert-alkyl or cyclic N) is 1. The van der Waals surface area contributed by atoms with Gasteiger partial charge in [-0.25, -0.2) is 9.67 Å². The molecule has 9 nitrogen and oxygen atoms in total. The number of carbonyl (C=O) groups is 2. The normalized spacial score (nSPS) is 21.4. The van der Waals surface area contributed by atoms with Gasteiger partial charge in [0.15, 0.2) is 0 Å². The summed E-state index contributed by atoms with van der Waals surface area (Å²) in [6.45, 7) is 9.98. The molecule has 38 heavy (non-hydrogen) atoms. The average Bonchev–Trinajstić information content (AvgIpc) is 3.23. The predicted molar refractivity (Wildman–Crippen MR) is 145 cm³/mol. The molecule has 2 aromatic heterocycles. The number of thiazole rings is 1. The van der Waals surface area contributed by atoms with Crippen LogP contribution in [0, 0.1) is 12.3 Å². The Balaban J connectivity index is 1.31. The van der Waals surface area contributed by atoms with Crippen LogP contribution in [0.1, 0.15) is 81.9 Å². The first-order chi connectivity index (χ1) is 18.0. The van der Waals surface area contributed by atoms with Crippen molar-refractivity contribution in [1.82, 2.24) is 30.2 Å². The molecule has 3 heterocycles. The SMILES string of the molecule is Cc1ncsc1-c1ccc([C@H](C)NC(=O)[C@@H]2C[C@@H](O)CN2C(=O)[C@@H](n2cc(C3CC3)nn2)C(C)(C)C)cc1. The smallest absolute Gasteiger partial charge is 0.248 e. The Morgan fingerprint density at radius 1 is 1.18 bits per heavy atom. The van der Waals surface area contributed by atoms with Crippen LogP contribution in [-0.2, 0) is 9.59 Å². The third-order valence-corrected chi connectivity index (χ3v) is 8.46. The summed E-state index contributed by atoms with van der Waals surface area (Å²) < 4.78 is 1.64. The van der Waals surface area contributed by atoms with Gasteiger partial charge < -0.3 is 15.3 Å².